The quantitative estimate of drug-likeness (QED) is 0.520. The Morgan fingerprint density at radius 2 is 1.60 bits per heavy atom. The van der Waals surface area contributed by atoms with Gasteiger partial charge in [0.15, 0.2) is 0 Å². The highest BCUT2D eigenvalue weighted by Gasteiger charge is 2.28. The number of nitrogens with zero attached hydrogens (tertiary/aromatic N) is 2. The van der Waals surface area contributed by atoms with Crippen LogP contribution < -0.4 is 10.1 Å². The smallest absolute Gasteiger partial charge is 0.251 e. The maximum absolute atomic E-state index is 12.9. The van der Waals surface area contributed by atoms with E-state index in [1.165, 1.54) is 0 Å². The largest absolute Gasteiger partial charge is 0.497 e. The lowest BCUT2D eigenvalue weighted by molar-refractivity contribution is 0.0950. The fourth-order valence-electron chi connectivity index (χ4n) is 4.08. The topological polar surface area (TPSA) is 79.0 Å². The second kappa shape index (κ2) is 11.0. The number of carbonyl (C=O) groups excluding carboxylic acids is 1. The van der Waals surface area contributed by atoms with Crippen LogP contribution in [-0.4, -0.2) is 56.8 Å². The van der Waals surface area contributed by atoms with Crippen LogP contribution in [-0.2, 0) is 23.1 Å². The summed E-state index contributed by atoms with van der Waals surface area (Å²) < 4.78 is 32.6. The van der Waals surface area contributed by atoms with Gasteiger partial charge < -0.3 is 10.1 Å². The number of piperazine rings is 1. The molecule has 0 spiro atoms. The zero-order chi connectivity index (χ0) is 24.8. The van der Waals surface area contributed by atoms with E-state index in [-0.39, 0.29) is 5.91 Å². The SMILES string of the molecule is COc1ccc(CNC(=O)c2cccc(CN3CCN(S(=O)(=O)c4ccc(C)cc4)CC3)c2)cc1. The molecule has 184 valence electrons. The van der Waals surface area contributed by atoms with Gasteiger partial charge in [0.05, 0.1) is 12.0 Å². The van der Waals surface area contributed by atoms with Crippen LogP contribution in [0, 0.1) is 6.92 Å². The molecule has 0 unspecified atom stereocenters. The average molecular weight is 494 g/mol. The van der Waals surface area contributed by atoms with E-state index >= 15 is 0 Å². The minimum absolute atomic E-state index is 0.128. The van der Waals surface area contributed by atoms with Gasteiger partial charge >= 0.3 is 0 Å². The Morgan fingerprint density at radius 1 is 0.914 bits per heavy atom. The Balaban J connectivity index is 1.31. The van der Waals surface area contributed by atoms with Gasteiger partial charge in [-0.05, 0) is 54.4 Å². The molecule has 1 saturated heterocycles. The van der Waals surface area contributed by atoms with E-state index in [0.717, 1.165) is 22.4 Å². The van der Waals surface area contributed by atoms with E-state index in [1.807, 2.05) is 61.5 Å². The number of rotatable bonds is 8. The lowest BCUT2D eigenvalue weighted by Gasteiger charge is -2.34. The molecular weight excluding hydrogens is 462 g/mol. The van der Waals surface area contributed by atoms with Gasteiger partial charge in [-0.1, -0.05) is 42.0 Å². The van der Waals surface area contributed by atoms with Gasteiger partial charge in [0, 0.05) is 44.8 Å². The molecule has 4 rings (SSSR count). The van der Waals surface area contributed by atoms with Crippen molar-refractivity contribution >= 4 is 15.9 Å². The third-order valence-corrected chi connectivity index (χ3v) is 8.11. The van der Waals surface area contributed by atoms with Crippen LogP contribution in [0.3, 0.4) is 0 Å². The summed E-state index contributed by atoms with van der Waals surface area (Å²) in [6, 6.07) is 22.2. The molecule has 0 bridgehead atoms. The molecule has 0 saturated carbocycles. The van der Waals surface area contributed by atoms with Crippen LogP contribution in [0.2, 0.25) is 0 Å². The number of nitrogens with one attached hydrogen (secondary N) is 1. The first-order valence-electron chi connectivity index (χ1n) is 11.6. The number of carbonyl (C=O) groups is 1. The number of amides is 1. The van der Waals surface area contributed by atoms with Crippen molar-refractivity contribution in [2.45, 2.75) is 24.9 Å². The van der Waals surface area contributed by atoms with Crippen LogP contribution in [0.5, 0.6) is 5.75 Å². The van der Waals surface area contributed by atoms with E-state index < -0.39 is 10.0 Å². The number of methoxy groups -OCH3 is 1. The minimum Gasteiger partial charge on any atom is -0.497 e. The van der Waals surface area contributed by atoms with Crippen molar-refractivity contribution in [1.82, 2.24) is 14.5 Å². The fourth-order valence-corrected chi connectivity index (χ4v) is 5.51. The molecule has 35 heavy (non-hydrogen) atoms. The summed E-state index contributed by atoms with van der Waals surface area (Å²) in [7, 11) is -1.86. The van der Waals surface area contributed by atoms with Crippen LogP contribution in [0.4, 0.5) is 0 Å². The van der Waals surface area contributed by atoms with Crippen molar-refractivity contribution in [2.75, 3.05) is 33.3 Å². The molecule has 1 N–H and O–H groups in total. The predicted octanol–water partition coefficient (Wildman–Crippen LogP) is 3.44. The first-order valence-corrected chi connectivity index (χ1v) is 13.1. The minimum atomic E-state index is -3.48. The molecule has 1 amide bonds. The summed E-state index contributed by atoms with van der Waals surface area (Å²) >= 11 is 0. The fraction of sp³-hybridized carbons (Fsp3) is 0.296. The second-order valence-electron chi connectivity index (χ2n) is 8.72. The molecule has 0 radical (unpaired) electrons. The van der Waals surface area contributed by atoms with Crippen molar-refractivity contribution in [3.8, 4) is 5.75 Å². The number of hydrogen-bond donors (Lipinski definition) is 1. The monoisotopic (exact) mass is 493 g/mol. The number of hydrogen-bond acceptors (Lipinski definition) is 5. The van der Waals surface area contributed by atoms with Crippen molar-refractivity contribution < 1.29 is 17.9 Å². The first-order chi connectivity index (χ1) is 16.8. The van der Waals surface area contributed by atoms with Crippen molar-refractivity contribution in [2.24, 2.45) is 0 Å². The third-order valence-electron chi connectivity index (χ3n) is 6.20. The Bertz CT molecular complexity index is 1250. The van der Waals surface area contributed by atoms with E-state index in [9.17, 15) is 13.2 Å². The standard InChI is InChI=1S/C27H31N3O4S/c1-21-6-12-26(13-7-21)35(32,33)30-16-14-29(15-17-30)20-23-4-3-5-24(18-23)27(31)28-19-22-8-10-25(34-2)11-9-22/h3-13,18H,14-17,19-20H2,1-2H3,(H,28,31). The maximum Gasteiger partial charge on any atom is 0.251 e. The van der Waals surface area contributed by atoms with Crippen molar-refractivity contribution in [1.29, 1.82) is 0 Å². The Labute approximate surface area is 207 Å². The van der Waals surface area contributed by atoms with Gasteiger partial charge in [0.2, 0.25) is 10.0 Å². The zero-order valence-electron chi connectivity index (χ0n) is 20.1. The molecule has 1 aliphatic rings. The molecule has 0 aliphatic carbocycles. The molecule has 0 atom stereocenters. The van der Waals surface area contributed by atoms with E-state index in [2.05, 4.69) is 10.2 Å². The van der Waals surface area contributed by atoms with Gasteiger partial charge in [-0.25, -0.2) is 8.42 Å². The summed E-state index contributed by atoms with van der Waals surface area (Å²) in [5.74, 6) is 0.651. The summed E-state index contributed by atoms with van der Waals surface area (Å²) in [4.78, 5) is 15.2. The number of aryl methyl sites for hydroxylation is 1. The zero-order valence-corrected chi connectivity index (χ0v) is 20.9. The molecule has 0 aromatic heterocycles. The number of sulfonamides is 1. The van der Waals surface area contributed by atoms with Gasteiger partial charge in [0.25, 0.3) is 5.91 Å². The number of ether oxygens (including phenoxy) is 1. The van der Waals surface area contributed by atoms with Crippen LogP contribution >= 0.6 is 0 Å². The summed E-state index contributed by atoms with van der Waals surface area (Å²) in [6.07, 6.45) is 0. The Hall–Kier alpha value is -3.20. The average Bonchev–Trinajstić information content (AvgIpc) is 2.88. The lowest BCUT2D eigenvalue weighted by Crippen LogP contribution is -2.48. The lowest BCUT2D eigenvalue weighted by atomic mass is 10.1. The molecule has 1 heterocycles. The predicted molar refractivity (Wildman–Crippen MR) is 136 cm³/mol. The van der Waals surface area contributed by atoms with Crippen LogP contribution in [0.1, 0.15) is 27.0 Å². The highest BCUT2D eigenvalue weighted by atomic mass is 32.2. The summed E-state index contributed by atoms with van der Waals surface area (Å²) in [5.41, 5.74) is 3.66. The molecule has 7 nitrogen and oxygen atoms in total. The Kier molecular flexibility index (Phi) is 7.85. The number of benzene rings is 3. The molecule has 3 aromatic carbocycles. The normalized spacial score (nSPS) is 15.0. The molecular formula is C27H31N3O4S. The maximum atomic E-state index is 12.9. The van der Waals surface area contributed by atoms with E-state index in [1.54, 1.807) is 29.6 Å². The molecule has 1 fully saturated rings. The first kappa shape index (κ1) is 24.9. The molecule has 3 aromatic rings. The molecule has 8 heteroatoms. The van der Waals surface area contributed by atoms with E-state index in [0.29, 0.717) is 49.7 Å². The third kappa shape index (κ3) is 6.28. The summed E-state index contributed by atoms with van der Waals surface area (Å²) in [6.45, 7) is 5.20. The summed E-state index contributed by atoms with van der Waals surface area (Å²) in [5, 5.41) is 2.96. The van der Waals surface area contributed by atoms with Crippen molar-refractivity contribution in [3.63, 3.8) is 0 Å². The van der Waals surface area contributed by atoms with Crippen molar-refractivity contribution in [3.05, 3.63) is 95.1 Å². The van der Waals surface area contributed by atoms with Gasteiger partial charge in [-0.15, -0.1) is 0 Å². The van der Waals surface area contributed by atoms with Gasteiger partial charge in [0.1, 0.15) is 5.75 Å². The van der Waals surface area contributed by atoms with Crippen LogP contribution in [0.15, 0.2) is 77.7 Å². The Morgan fingerprint density at radius 3 is 2.26 bits per heavy atom. The van der Waals surface area contributed by atoms with Gasteiger partial charge in [-0.2, -0.15) is 4.31 Å². The second-order valence-corrected chi connectivity index (χ2v) is 10.7. The van der Waals surface area contributed by atoms with Crippen LogP contribution in [0.25, 0.3) is 0 Å². The van der Waals surface area contributed by atoms with E-state index in [4.69, 9.17) is 4.74 Å². The highest BCUT2D eigenvalue weighted by molar-refractivity contribution is 7.89. The highest BCUT2D eigenvalue weighted by Crippen LogP contribution is 2.19. The van der Waals surface area contributed by atoms with Gasteiger partial charge in [-0.3, -0.25) is 9.69 Å². The molecule has 1 aliphatic heterocycles.